The van der Waals surface area contributed by atoms with Gasteiger partial charge >= 0.3 is 0 Å². The molecular weight excluding hydrogens is 300 g/mol. The normalized spacial score (nSPS) is 19.1. The number of epoxide rings is 1. The van der Waals surface area contributed by atoms with Gasteiger partial charge < -0.3 is 20.5 Å². The van der Waals surface area contributed by atoms with E-state index in [9.17, 15) is 19.5 Å². The van der Waals surface area contributed by atoms with Crippen LogP contribution in [-0.2, 0) is 19.1 Å². The summed E-state index contributed by atoms with van der Waals surface area (Å²) in [6.45, 7) is 5.91. The fourth-order valence-electron chi connectivity index (χ4n) is 2.12. The molecule has 23 heavy (non-hydrogen) atoms. The average Bonchev–Trinajstić information content (AvgIpc) is 3.30. The Morgan fingerprint density at radius 3 is 2.39 bits per heavy atom. The molecule has 0 aromatic heterocycles. The summed E-state index contributed by atoms with van der Waals surface area (Å²) < 4.78 is 4.83. The van der Waals surface area contributed by atoms with Gasteiger partial charge in [-0.25, -0.2) is 0 Å². The third kappa shape index (κ3) is 8.08. The zero-order chi connectivity index (χ0) is 17.4. The largest absolute Gasteiger partial charge is 0.391 e. The van der Waals surface area contributed by atoms with Crippen molar-refractivity contribution in [3.05, 3.63) is 0 Å². The Hall–Kier alpha value is -1.47. The molecule has 3 unspecified atom stereocenters. The molecule has 132 valence electrons. The Kier molecular flexibility index (Phi) is 8.19. The van der Waals surface area contributed by atoms with Crippen LogP contribution in [0.2, 0.25) is 0 Å². The van der Waals surface area contributed by atoms with Crippen LogP contribution in [0.3, 0.4) is 0 Å². The van der Waals surface area contributed by atoms with Gasteiger partial charge in [-0.05, 0) is 19.3 Å². The van der Waals surface area contributed by atoms with Crippen molar-refractivity contribution in [2.75, 3.05) is 13.2 Å². The summed E-state index contributed by atoms with van der Waals surface area (Å²) in [5, 5.41) is 14.6. The number of Topliss-reactive ketones (excluding diaryl/α,β-unsaturated/α-hetero) is 1. The molecule has 0 saturated carbocycles. The number of ketones is 1. The monoisotopic (exact) mass is 328 g/mol. The topological polar surface area (TPSA) is 108 Å². The van der Waals surface area contributed by atoms with Gasteiger partial charge in [0.25, 0.3) is 0 Å². The quantitative estimate of drug-likeness (QED) is 0.370. The lowest BCUT2D eigenvalue weighted by Gasteiger charge is -2.20. The van der Waals surface area contributed by atoms with Crippen molar-refractivity contribution in [1.29, 1.82) is 0 Å². The standard InChI is InChI=1S/C16H28N2O5/c1-10(2)6-4-5-7-14(21)18-15(11(3)19)16(22)17-8-12(20)13-9-23-13/h10-11,13,15,19H,4-9H2,1-3H3,(H,17,22)(H,18,21). The molecule has 0 radical (unpaired) electrons. The molecule has 1 heterocycles. The van der Waals surface area contributed by atoms with Gasteiger partial charge in [0.15, 0.2) is 5.78 Å². The first-order valence-corrected chi connectivity index (χ1v) is 8.20. The highest BCUT2D eigenvalue weighted by molar-refractivity contribution is 5.93. The molecule has 3 atom stereocenters. The number of hydrogen-bond acceptors (Lipinski definition) is 5. The third-order valence-electron chi connectivity index (χ3n) is 3.65. The van der Waals surface area contributed by atoms with E-state index in [4.69, 9.17) is 4.74 Å². The van der Waals surface area contributed by atoms with Crippen molar-refractivity contribution in [3.63, 3.8) is 0 Å². The van der Waals surface area contributed by atoms with E-state index in [2.05, 4.69) is 24.5 Å². The van der Waals surface area contributed by atoms with Gasteiger partial charge in [0.05, 0.1) is 19.3 Å². The Morgan fingerprint density at radius 1 is 1.22 bits per heavy atom. The van der Waals surface area contributed by atoms with E-state index in [1.54, 1.807) is 0 Å². The molecular formula is C16H28N2O5. The number of nitrogens with one attached hydrogen (secondary N) is 2. The maximum Gasteiger partial charge on any atom is 0.245 e. The summed E-state index contributed by atoms with van der Waals surface area (Å²) in [7, 11) is 0. The van der Waals surface area contributed by atoms with E-state index in [1.165, 1.54) is 6.92 Å². The van der Waals surface area contributed by atoms with E-state index >= 15 is 0 Å². The van der Waals surface area contributed by atoms with Crippen LogP contribution in [0.1, 0.15) is 46.5 Å². The highest BCUT2D eigenvalue weighted by Gasteiger charge is 2.32. The van der Waals surface area contributed by atoms with Gasteiger partial charge in [-0.1, -0.05) is 26.7 Å². The molecule has 1 rings (SSSR count). The van der Waals surface area contributed by atoms with Crippen molar-refractivity contribution in [2.45, 2.75) is 64.7 Å². The molecule has 2 amide bonds. The first kappa shape index (κ1) is 19.6. The molecule has 7 nitrogen and oxygen atoms in total. The number of amides is 2. The van der Waals surface area contributed by atoms with Crippen molar-refractivity contribution in [1.82, 2.24) is 10.6 Å². The molecule has 3 N–H and O–H groups in total. The van der Waals surface area contributed by atoms with Gasteiger partial charge in [-0.15, -0.1) is 0 Å². The van der Waals surface area contributed by atoms with Crippen molar-refractivity contribution >= 4 is 17.6 Å². The first-order chi connectivity index (χ1) is 10.8. The summed E-state index contributed by atoms with van der Waals surface area (Å²) >= 11 is 0. The van der Waals surface area contributed by atoms with E-state index < -0.39 is 24.2 Å². The Morgan fingerprint density at radius 2 is 1.87 bits per heavy atom. The number of ether oxygens (including phenoxy) is 1. The molecule has 1 fully saturated rings. The molecule has 7 heteroatoms. The number of carbonyl (C=O) groups is 3. The number of unbranched alkanes of at least 4 members (excludes halogenated alkanes) is 1. The fourth-order valence-corrected chi connectivity index (χ4v) is 2.12. The van der Waals surface area contributed by atoms with Crippen LogP contribution in [-0.4, -0.2) is 54.1 Å². The van der Waals surface area contributed by atoms with E-state index in [1.807, 2.05) is 0 Å². The summed E-state index contributed by atoms with van der Waals surface area (Å²) in [4.78, 5) is 35.3. The summed E-state index contributed by atoms with van der Waals surface area (Å²) in [6.07, 6.45) is 1.61. The first-order valence-electron chi connectivity index (χ1n) is 8.20. The summed E-state index contributed by atoms with van der Waals surface area (Å²) in [6, 6.07) is -1.06. The molecule has 0 aromatic rings. The number of rotatable bonds is 11. The van der Waals surface area contributed by atoms with Crippen LogP contribution in [0.4, 0.5) is 0 Å². The third-order valence-corrected chi connectivity index (χ3v) is 3.65. The van der Waals surface area contributed by atoms with E-state index in [0.29, 0.717) is 18.9 Å². The summed E-state index contributed by atoms with van der Waals surface area (Å²) in [5.41, 5.74) is 0. The average molecular weight is 328 g/mol. The van der Waals surface area contributed by atoms with Crippen LogP contribution in [0, 0.1) is 5.92 Å². The van der Waals surface area contributed by atoms with E-state index in [-0.39, 0.29) is 18.2 Å². The van der Waals surface area contributed by atoms with Crippen LogP contribution >= 0.6 is 0 Å². The van der Waals surface area contributed by atoms with Gasteiger partial charge in [-0.2, -0.15) is 0 Å². The molecule has 1 aliphatic heterocycles. The van der Waals surface area contributed by atoms with E-state index in [0.717, 1.165) is 19.3 Å². The smallest absolute Gasteiger partial charge is 0.245 e. The SMILES string of the molecule is CC(C)CCCCC(=O)NC(C(=O)NCC(=O)C1CO1)C(C)O. The second-order valence-electron chi connectivity index (χ2n) is 6.43. The highest BCUT2D eigenvalue weighted by atomic mass is 16.6. The van der Waals surface area contributed by atoms with Crippen molar-refractivity contribution in [3.8, 4) is 0 Å². The van der Waals surface area contributed by atoms with Crippen LogP contribution in [0.15, 0.2) is 0 Å². The van der Waals surface area contributed by atoms with Gasteiger partial charge in [0, 0.05) is 6.42 Å². The minimum Gasteiger partial charge on any atom is -0.391 e. The lowest BCUT2D eigenvalue weighted by Crippen LogP contribution is -2.53. The molecule has 0 bridgehead atoms. The van der Waals surface area contributed by atoms with Crippen LogP contribution in [0.25, 0.3) is 0 Å². The molecule has 0 aromatic carbocycles. The predicted molar refractivity (Wildman–Crippen MR) is 84.7 cm³/mol. The van der Waals surface area contributed by atoms with Crippen LogP contribution < -0.4 is 10.6 Å². The minimum absolute atomic E-state index is 0.156. The molecule has 1 aliphatic rings. The lowest BCUT2D eigenvalue weighted by atomic mass is 10.0. The van der Waals surface area contributed by atoms with Crippen molar-refractivity contribution in [2.24, 2.45) is 5.92 Å². The Bertz CT molecular complexity index is 419. The number of hydrogen-bond donors (Lipinski definition) is 3. The molecule has 1 saturated heterocycles. The van der Waals surface area contributed by atoms with Crippen molar-refractivity contribution < 1.29 is 24.2 Å². The van der Waals surface area contributed by atoms with Gasteiger partial charge in [-0.3, -0.25) is 14.4 Å². The zero-order valence-corrected chi connectivity index (χ0v) is 14.1. The second-order valence-corrected chi connectivity index (χ2v) is 6.43. The Balaban J connectivity index is 2.32. The zero-order valence-electron chi connectivity index (χ0n) is 14.1. The fraction of sp³-hybridized carbons (Fsp3) is 0.812. The second kappa shape index (κ2) is 9.62. The lowest BCUT2D eigenvalue weighted by molar-refractivity contribution is -0.132. The minimum atomic E-state index is -1.06. The van der Waals surface area contributed by atoms with Gasteiger partial charge in [0.2, 0.25) is 11.8 Å². The number of aliphatic hydroxyl groups excluding tert-OH is 1. The maximum atomic E-state index is 12.0. The molecule has 0 spiro atoms. The summed E-state index contributed by atoms with van der Waals surface area (Å²) in [5.74, 6) is -0.444. The highest BCUT2D eigenvalue weighted by Crippen LogP contribution is 2.09. The molecule has 0 aliphatic carbocycles. The van der Waals surface area contributed by atoms with Crippen LogP contribution in [0.5, 0.6) is 0 Å². The number of aliphatic hydroxyl groups is 1. The Labute approximate surface area is 137 Å². The maximum absolute atomic E-state index is 12.0. The number of carbonyl (C=O) groups excluding carboxylic acids is 3. The predicted octanol–water partition coefficient (Wildman–Crippen LogP) is 0.153. The van der Waals surface area contributed by atoms with Gasteiger partial charge in [0.1, 0.15) is 12.1 Å².